The van der Waals surface area contributed by atoms with Crippen molar-refractivity contribution in [2.75, 3.05) is 26.7 Å². The van der Waals surface area contributed by atoms with E-state index in [0.29, 0.717) is 11.5 Å². The van der Waals surface area contributed by atoms with Crippen molar-refractivity contribution >= 4 is 0 Å². The minimum Gasteiger partial charge on any atom is -0.319 e. The van der Waals surface area contributed by atoms with Gasteiger partial charge in [0.25, 0.3) is 0 Å². The number of nitrogens with zero attached hydrogens (tertiary/aromatic N) is 1. The summed E-state index contributed by atoms with van der Waals surface area (Å²) >= 11 is 0. The second kappa shape index (κ2) is 9.04. The van der Waals surface area contributed by atoms with Crippen molar-refractivity contribution in [1.29, 1.82) is 0 Å². The Balaban J connectivity index is 2.64. The fourth-order valence-electron chi connectivity index (χ4n) is 4.02. The molecule has 0 spiro atoms. The molecular weight excluding hydrogens is 244 g/mol. The van der Waals surface area contributed by atoms with Crippen LogP contribution in [0.15, 0.2) is 0 Å². The number of hydrogen-bond acceptors (Lipinski definition) is 2. The number of rotatable bonds is 9. The highest BCUT2D eigenvalue weighted by Gasteiger charge is 2.36. The Bertz CT molecular complexity index is 248. The van der Waals surface area contributed by atoms with Gasteiger partial charge in [-0.3, -0.25) is 0 Å². The SMILES string of the molecule is CCCCCN(CC1(CNC)CCCC(C)C1)C(C)C. The predicted octanol–water partition coefficient (Wildman–Crippen LogP) is 4.30. The zero-order valence-corrected chi connectivity index (χ0v) is 14.7. The lowest BCUT2D eigenvalue weighted by Crippen LogP contribution is -2.48. The molecule has 0 amide bonds. The van der Waals surface area contributed by atoms with Gasteiger partial charge in [0, 0.05) is 19.1 Å². The minimum atomic E-state index is 0.517. The van der Waals surface area contributed by atoms with Crippen LogP contribution < -0.4 is 5.32 Å². The molecule has 0 heterocycles. The summed E-state index contributed by atoms with van der Waals surface area (Å²) in [6.07, 6.45) is 9.73. The van der Waals surface area contributed by atoms with Crippen LogP contribution in [0.5, 0.6) is 0 Å². The molecule has 0 aromatic carbocycles. The maximum atomic E-state index is 3.48. The summed E-state index contributed by atoms with van der Waals surface area (Å²) in [7, 11) is 2.12. The largest absolute Gasteiger partial charge is 0.319 e. The van der Waals surface area contributed by atoms with Gasteiger partial charge < -0.3 is 10.2 Å². The molecule has 1 N–H and O–H groups in total. The summed E-state index contributed by atoms with van der Waals surface area (Å²) in [6, 6.07) is 0.679. The molecule has 1 rings (SSSR count). The van der Waals surface area contributed by atoms with Gasteiger partial charge in [-0.1, -0.05) is 39.5 Å². The summed E-state index contributed by atoms with van der Waals surface area (Å²) < 4.78 is 0. The Hall–Kier alpha value is -0.0800. The summed E-state index contributed by atoms with van der Waals surface area (Å²) in [4.78, 5) is 2.74. The number of unbranched alkanes of at least 4 members (excludes halogenated alkanes) is 2. The highest BCUT2D eigenvalue weighted by atomic mass is 15.2. The molecule has 0 aromatic rings. The van der Waals surface area contributed by atoms with Gasteiger partial charge in [-0.05, 0) is 58.0 Å². The van der Waals surface area contributed by atoms with Crippen molar-refractivity contribution < 1.29 is 0 Å². The van der Waals surface area contributed by atoms with Crippen LogP contribution in [0.4, 0.5) is 0 Å². The van der Waals surface area contributed by atoms with Crippen LogP contribution in [0.25, 0.3) is 0 Å². The van der Waals surface area contributed by atoms with Crippen molar-refractivity contribution in [3.05, 3.63) is 0 Å². The van der Waals surface area contributed by atoms with Gasteiger partial charge in [0.05, 0.1) is 0 Å². The van der Waals surface area contributed by atoms with E-state index in [1.165, 1.54) is 64.6 Å². The third-order valence-electron chi connectivity index (χ3n) is 5.05. The van der Waals surface area contributed by atoms with Crippen molar-refractivity contribution in [3.8, 4) is 0 Å². The van der Waals surface area contributed by atoms with E-state index in [1.807, 2.05) is 0 Å². The highest BCUT2D eigenvalue weighted by molar-refractivity contribution is 4.90. The van der Waals surface area contributed by atoms with E-state index in [1.54, 1.807) is 0 Å². The van der Waals surface area contributed by atoms with Gasteiger partial charge in [0.1, 0.15) is 0 Å². The molecule has 0 radical (unpaired) electrons. The first-order valence-corrected chi connectivity index (χ1v) is 8.91. The zero-order chi connectivity index (χ0) is 15.0. The minimum absolute atomic E-state index is 0.517. The highest BCUT2D eigenvalue weighted by Crippen LogP contribution is 2.40. The van der Waals surface area contributed by atoms with Crippen molar-refractivity contribution in [2.24, 2.45) is 11.3 Å². The van der Waals surface area contributed by atoms with Crippen LogP contribution in [-0.4, -0.2) is 37.6 Å². The summed E-state index contributed by atoms with van der Waals surface area (Å²) in [5.74, 6) is 0.904. The molecule has 0 aromatic heterocycles. The van der Waals surface area contributed by atoms with Crippen molar-refractivity contribution in [1.82, 2.24) is 10.2 Å². The molecule has 0 aliphatic heterocycles. The average molecular weight is 283 g/mol. The summed E-state index contributed by atoms with van der Waals surface area (Å²) in [6.45, 7) is 13.2. The third-order valence-corrected chi connectivity index (χ3v) is 5.05. The molecular formula is C18H38N2. The van der Waals surface area contributed by atoms with E-state index in [0.717, 1.165) is 5.92 Å². The van der Waals surface area contributed by atoms with Gasteiger partial charge in [0.2, 0.25) is 0 Å². The lowest BCUT2D eigenvalue weighted by Gasteiger charge is -2.44. The second-order valence-corrected chi connectivity index (χ2v) is 7.50. The van der Waals surface area contributed by atoms with Crippen molar-refractivity contribution in [2.45, 2.75) is 78.7 Å². The van der Waals surface area contributed by atoms with Crippen LogP contribution >= 0.6 is 0 Å². The molecule has 1 saturated carbocycles. The Morgan fingerprint density at radius 2 is 2.05 bits per heavy atom. The van der Waals surface area contributed by atoms with E-state index in [4.69, 9.17) is 0 Å². The van der Waals surface area contributed by atoms with Crippen LogP contribution in [0.2, 0.25) is 0 Å². The molecule has 2 unspecified atom stereocenters. The van der Waals surface area contributed by atoms with Crippen LogP contribution in [0.1, 0.15) is 72.6 Å². The maximum Gasteiger partial charge on any atom is 0.00529 e. The Morgan fingerprint density at radius 1 is 1.30 bits per heavy atom. The van der Waals surface area contributed by atoms with Crippen LogP contribution in [-0.2, 0) is 0 Å². The average Bonchev–Trinajstić information content (AvgIpc) is 2.38. The lowest BCUT2D eigenvalue weighted by molar-refractivity contribution is 0.0654. The molecule has 0 saturated heterocycles. The quantitative estimate of drug-likeness (QED) is 0.634. The molecule has 1 fully saturated rings. The van der Waals surface area contributed by atoms with E-state index < -0.39 is 0 Å². The molecule has 2 atom stereocenters. The lowest BCUT2D eigenvalue weighted by atomic mass is 9.69. The first-order chi connectivity index (χ1) is 9.53. The van der Waals surface area contributed by atoms with Gasteiger partial charge in [0.15, 0.2) is 0 Å². The van der Waals surface area contributed by atoms with E-state index >= 15 is 0 Å². The Morgan fingerprint density at radius 3 is 2.60 bits per heavy atom. The standard InChI is InChI=1S/C18H38N2/c1-6-7-8-12-20(16(2)3)15-18(14-19-5)11-9-10-17(4)13-18/h16-17,19H,6-15H2,1-5H3. The Kier molecular flexibility index (Phi) is 8.13. The van der Waals surface area contributed by atoms with Crippen LogP contribution in [0, 0.1) is 11.3 Å². The first kappa shape index (κ1) is 18.0. The first-order valence-electron chi connectivity index (χ1n) is 8.91. The topological polar surface area (TPSA) is 15.3 Å². The molecule has 2 nitrogen and oxygen atoms in total. The van der Waals surface area contributed by atoms with Gasteiger partial charge in [-0.2, -0.15) is 0 Å². The smallest absolute Gasteiger partial charge is 0.00529 e. The molecule has 0 bridgehead atoms. The molecule has 120 valence electrons. The normalized spacial score (nSPS) is 27.4. The molecule has 1 aliphatic rings. The fourth-order valence-corrected chi connectivity index (χ4v) is 4.02. The predicted molar refractivity (Wildman–Crippen MR) is 90.2 cm³/mol. The Labute approximate surface area is 127 Å². The zero-order valence-electron chi connectivity index (χ0n) is 14.7. The van der Waals surface area contributed by atoms with Gasteiger partial charge in [-0.15, -0.1) is 0 Å². The second-order valence-electron chi connectivity index (χ2n) is 7.50. The summed E-state index contributed by atoms with van der Waals surface area (Å²) in [5.41, 5.74) is 0.517. The fraction of sp³-hybridized carbons (Fsp3) is 1.00. The van der Waals surface area contributed by atoms with E-state index in [-0.39, 0.29) is 0 Å². The van der Waals surface area contributed by atoms with E-state index in [2.05, 4.69) is 45.0 Å². The number of hydrogen-bond donors (Lipinski definition) is 1. The molecule has 1 aliphatic carbocycles. The molecule has 2 heteroatoms. The summed E-state index contributed by atoms with van der Waals surface area (Å²) in [5, 5.41) is 3.48. The van der Waals surface area contributed by atoms with E-state index in [9.17, 15) is 0 Å². The van der Waals surface area contributed by atoms with Gasteiger partial charge in [-0.25, -0.2) is 0 Å². The third kappa shape index (κ3) is 5.73. The van der Waals surface area contributed by atoms with Gasteiger partial charge >= 0.3 is 0 Å². The number of nitrogens with one attached hydrogen (secondary N) is 1. The maximum absolute atomic E-state index is 3.48. The van der Waals surface area contributed by atoms with Crippen molar-refractivity contribution in [3.63, 3.8) is 0 Å². The van der Waals surface area contributed by atoms with Crippen LogP contribution in [0.3, 0.4) is 0 Å². The molecule has 20 heavy (non-hydrogen) atoms. The monoisotopic (exact) mass is 282 g/mol.